The summed E-state index contributed by atoms with van der Waals surface area (Å²) in [7, 11) is 0. The third kappa shape index (κ3) is 3.24. The number of nitrogens with two attached hydrogens (primary N) is 1. The number of hydrogen-bond acceptors (Lipinski definition) is 3. The van der Waals surface area contributed by atoms with Gasteiger partial charge in [0.2, 0.25) is 0 Å². The Morgan fingerprint density at radius 1 is 1.28 bits per heavy atom. The van der Waals surface area contributed by atoms with E-state index in [2.05, 4.69) is 25.2 Å². The number of aryl methyl sites for hydroxylation is 1. The normalized spacial score (nSPS) is 25.9. The number of phenolic OH excluding ortho intramolecular Hbond substituents is 1. The molecule has 1 atom stereocenters. The molecule has 1 aromatic carbocycles. The van der Waals surface area contributed by atoms with Crippen LogP contribution in [-0.2, 0) is 0 Å². The summed E-state index contributed by atoms with van der Waals surface area (Å²) in [4.78, 5) is 0. The van der Waals surface area contributed by atoms with Crippen molar-refractivity contribution in [3.8, 4) is 5.75 Å². The minimum Gasteiger partial charge on any atom is -0.508 e. The highest BCUT2D eigenvalue weighted by molar-refractivity contribution is 5.37. The number of nitrogens with one attached hydrogen (secondary N) is 1. The van der Waals surface area contributed by atoms with E-state index in [9.17, 15) is 5.11 Å². The van der Waals surface area contributed by atoms with Crippen LogP contribution in [-0.4, -0.2) is 17.2 Å². The predicted octanol–water partition coefficient (Wildman–Crippen LogP) is 2.62. The molecule has 1 aromatic rings. The summed E-state index contributed by atoms with van der Waals surface area (Å²) in [5, 5.41) is 13.5. The zero-order valence-corrected chi connectivity index (χ0v) is 11.3. The van der Waals surface area contributed by atoms with Gasteiger partial charge in [-0.15, -0.1) is 0 Å². The summed E-state index contributed by atoms with van der Waals surface area (Å²) in [6.45, 7) is 4.16. The van der Waals surface area contributed by atoms with Gasteiger partial charge in [0.25, 0.3) is 0 Å². The van der Waals surface area contributed by atoms with Gasteiger partial charge in [0.05, 0.1) is 0 Å². The lowest BCUT2D eigenvalue weighted by Crippen LogP contribution is -2.38. The first kappa shape index (κ1) is 13.4. The van der Waals surface area contributed by atoms with Crippen LogP contribution in [0, 0.1) is 6.92 Å². The van der Waals surface area contributed by atoms with Crippen LogP contribution in [0.1, 0.15) is 49.8 Å². The Kier molecular flexibility index (Phi) is 4.25. The lowest BCUT2D eigenvalue weighted by Gasteiger charge is -2.30. The minimum atomic E-state index is 0.184. The van der Waals surface area contributed by atoms with Gasteiger partial charge in [-0.05, 0) is 45.6 Å². The monoisotopic (exact) mass is 248 g/mol. The zero-order valence-electron chi connectivity index (χ0n) is 11.3. The summed E-state index contributed by atoms with van der Waals surface area (Å²) in [5.41, 5.74) is 8.09. The van der Waals surface area contributed by atoms with Crippen molar-refractivity contribution >= 4 is 0 Å². The van der Waals surface area contributed by atoms with Crippen LogP contribution in [0.2, 0.25) is 0 Å². The van der Waals surface area contributed by atoms with Gasteiger partial charge in [0, 0.05) is 23.7 Å². The van der Waals surface area contributed by atoms with E-state index >= 15 is 0 Å². The van der Waals surface area contributed by atoms with Gasteiger partial charge in [-0.3, -0.25) is 0 Å². The van der Waals surface area contributed by atoms with Crippen LogP contribution in [0.3, 0.4) is 0 Å². The van der Waals surface area contributed by atoms with Crippen molar-refractivity contribution in [2.75, 3.05) is 0 Å². The molecule has 0 saturated heterocycles. The summed E-state index contributed by atoms with van der Waals surface area (Å²) in [6, 6.07) is 6.86. The van der Waals surface area contributed by atoms with Crippen LogP contribution in [0.4, 0.5) is 0 Å². The van der Waals surface area contributed by atoms with E-state index in [1.54, 1.807) is 6.07 Å². The van der Waals surface area contributed by atoms with E-state index in [1.165, 1.54) is 5.56 Å². The molecule has 0 radical (unpaired) electrons. The zero-order chi connectivity index (χ0) is 13.1. The molecule has 0 aromatic heterocycles. The average molecular weight is 248 g/mol. The van der Waals surface area contributed by atoms with Crippen molar-refractivity contribution in [2.45, 2.75) is 57.7 Å². The second kappa shape index (κ2) is 5.72. The molecule has 1 unspecified atom stereocenters. The number of phenols is 1. The maximum atomic E-state index is 9.92. The van der Waals surface area contributed by atoms with Crippen molar-refractivity contribution in [3.63, 3.8) is 0 Å². The minimum absolute atomic E-state index is 0.184. The first-order chi connectivity index (χ1) is 8.56. The molecular weight excluding hydrogens is 224 g/mol. The molecule has 0 aliphatic heterocycles. The fourth-order valence-corrected chi connectivity index (χ4v) is 2.75. The van der Waals surface area contributed by atoms with Gasteiger partial charge in [-0.1, -0.05) is 17.7 Å². The van der Waals surface area contributed by atoms with Crippen molar-refractivity contribution in [3.05, 3.63) is 29.3 Å². The lowest BCUT2D eigenvalue weighted by atomic mass is 9.91. The van der Waals surface area contributed by atoms with Crippen molar-refractivity contribution in [1.82, 2.24) is 5.32 Å². The maximum Gasteiger partial charge on any atom is 0.120 e. The van der Waals surface area contributed by atoms with Crippen molar-refractivity contribution in [2.24, 2.45) is 5.73 Å². The van der Waals surface area contributed by atoms with E-state index < -0.39 is 0 Å². The molecule has 1 aliphatic carbocycles. The molecule has 0 bridgehead atoms. The fourth-order valence-electron chi connectivity index (χ4n) is 2.75. The predicted molar refractivity (Wildman–Crippen MR) is 74.6 cm³/mol. The highest BCUT2D eigenvalue weighted by Gasteiger charge is 2.21. The van der Waals surface area contributed by atoms with E-state index in [0.717, 1.165) is 31.2 Å². The van der Waals surface area contributed by atoms with Gasteiger partial charge in [-0.25, -0.2) is 0 Å². The Morgan fingerprint density at radius 2 is 1.94 bits per heavy atom. The molecular formula is C15H24N2O. The van der Waals surface area contributed by atoms with Crippen LogP contribution in [0.15, 0.2) is 18.2 Å². The Bertz CT molecular complexity index is 397. The molecule has 1 fully saturated rings. The summed E-state index contributed by atoms with van der Waals surface area (Å²) in [5.74, 6) is 0.383. The first-order valence-electron chi connectivity index (χ1n) is 6.87. The molecule has 3 heteroatoms. The largest absolute Gasteiger partial charge is 0.508 e. The molecule has 18 heavy (non-hydrogen) atoms. The van der Waals surface area contributed by atoms with Gasteiger partial charge in [-0.2, -0.15) is 0 Å². The van der Waals surface area contributed by atoms with E-state index in [1.807, 2.05) is 6.07 Å². The van der Waals surface area contributed by atoms with Gasteiger partial charge < -0.3 is 16.2 Å². The number of benzene rings is 1. The SMILES string of the molecule is Cc1ccc(O)c(C(C)NC2CCC(N)CC2)c1. The summed E-state index contributed by atoms with van der Waals surface area (Å²) >= 11 is 0. The van der Waals surface area contributed by atoms with Gasteiger partial charge >= 0.3 is 0 Å². The van der Waals surface area contributed by atoms with Crippen LogP contribution in [0.5, 0.6) is 5.75 Å². The van der Waals surface area contributed by atoms with Gasteiger partial charge in [0.15, 0.2) is 0 Å². The Balaban J connectivity index is 1.98. The molecule has 100 valence electrons. The first-order valence-corrected chi connectivity index (χ1v) is 6.87. The molecule has 0 spiro atoms. The average Bonchev–Trinajstić information content (AvgIpc) is 2.35. The molecule has 2 rings (SSSR count). The highest BCUT2D eigenvalue weighted by atomic mass is 16.3. The highest BCUT2D eigenvalue weighted by Crippen LogP contribution is 2.27. The van der Waals surface area contributed by atoms with Crippen molar-refractivity contribution < 1.29 is 5.11 Å². The molecule has 1 aliphatic rings. The van der Waals surface area contributed by atoms with Gasteiger partial charge in [0.1, 0.15) is 5.75 Å². The van der Waals surface area contributed by atoms with Crippen molar-refractivity contribution in [1.29, 1.82) is 0 Å². The van der Waals surface area contributed by atoms with E-state index in [4.69, 9.17) is 5.73 Å². The summed E-state index contributed by atoms with van der Waals surface area (Å²) < 4.78 is 0. The number of hydrogen-bond donors (Lipinski definition) is 3. The summed E-state index contributed by atoms with van der Waals surface area (Å²) in [6.07, 6.45) is 4.48. The molecule has 1 saturated carbocycles. The second-order valence-electron chi connectivity index (χ2n) is 5.56. The smallest absolute Gasteiger partial charge is 0.120 e. The fraction of sp³-hybridized carbons (Fsp3) is 0.600. The third-order valence-corrected chi connectivity index (χ3v) is 3.91. The number of aromatic hydroxyl groups is 1. The molecule has 0 amide bonds. The van der Waals surface area contributed by atoms with E-state index in [-0.39, 0.29) is 6.04 Å². The lowest BCUT2D eigenvalue weighted by molar-refractivity contribution is 0.319. The Labute approximate surface area is 109 Å². The standard InChI is InChI=1S/C15H24N2O/c1-10-3-8-15(18)14(9-10)11(2)17-13-6-4-12(16)5-7-13/h3,8-9,11-13,17-18H,4-7,16H2,1-2H3. The number of rotatable bonds is 3. The Morgan fingerprint density at radius 3 is 2.61 bits per heavy atom. The van der Waals surface area contributed by atoms with Crippen LogP contribution < -0.4 is 11.1 Å². The second-order valence-corrected chi connectivity index (χ2v) is 5.56. The molecule has 4 N–H and O–H groups in total. The van der Waals surface area contributed by atoms with E-state index in [0.29, 0.717) is 17.8 Å². The topological polar surface area (TPSA) is 58.3 Å². The molecule has 3 nitrogen and oxygen atoms in total. The third-order valence-electron chi connectivity index (χ3n) is 3.91. The maximum absolute atomic E-state index is 9.92. The van der Waals surface area contributed by atoms with Crippen LogP contribution >= 0.6 is 0 Å². The quantitative estimate of drug-likeness (QED) is 0.770. The Hall–Kier alpha value is -1.06. The van der Waals surface area contributed by atoms with Crippen LogP contribution in [0.25, 0.3) is 0 Å². The molecule has 0 heterocycles.